The highest BCUT2D eigenvalue weighted by molar-refractivity contribution is 7.26. The van der Waals surface area contributed by atoms with E-state index in [1.165, 1.54) is 75.8 Å². The van der Waals surface area contributed by atoms with Gasteiger partial charge in [0.25, 0.3) is 0 Å². The van der Waals surface area contributed by atoms with E-state index in [0.29, 0.717) is 0 Å². The molecular formula is C64H46N2S. The Morgan fingerprint density at radius 1 is 0.328 bits per heavy atom. The van der Waals surface area contributed by atoms with Gasteiger partial charge in [0.1, 0.15) is 0 Å². The van der Waals surface area contributed by atoms with Crippen molar-refractivity contribution in [1.82, 2.24) is 0 Å². The Kier molecular flexibility index (Phi) is 9.00. The first-order valence-corrected chi connectivity index (χ1v) is 24.1. The van der Waals surface area contributed by atoms with Crippen molar-refractivity contribution in [3.05, 3.63) is 276 Å². The third-order valence-corrected chi connectivity index (χ3v) is 15.6. The molecule has 0 unspecified atom stereocenters. The van der Waals surface area contributed by atoms with Crippen molar-refractivity contribution in [1.29, 1.82) is 0 Å². The number of hydrogen-bond acceptors (Lipinski definition) is 3. The molecule has 11 aromatic rings. The Morgan fingerprint density at radius 3 is 1.55 bits per heavy atom. The van der Waals surface area contributed by atoms with Crippen LogP contribution in [0.25, 0.3) is 42.4 Å². The Balaban J connectivity index is 1.05. The first kappa shape index (κ1) is 39.4. The van der Waals surface area contributed by atoms with Gasteiger partial charge in [0, 0.05) is 54.0 Å². The molecule has 0 fully saturated rings. The summed E-state index contributed by atoms with van der Waals surface area (Å²) in [6, 6.07) is 90.1. The minimum absolute atomic E-state index is 0.169. The normalized spacial score (nSPS) is 13.8. The summed E-state index contributed by atoms with van der Waals surface area (Å²) in [6.45, 7) is 4.75. The summed E-state index contributed by atoms with van der Waals surface area (Å²) in [4.78, 5) is 4.93. The first-order valence-electron chi connectivity index (χ1n) is 23.3. The van der Waals surface area contributed by atoms with Gasteiger partial charge < -0.3 is 9.80 Å². The Bertz CT molecular complexity index is 3650. The standard InChI is InChI=1S/C64H46N2S/c1-63(2)55-32-13-9-28-50(55)53-39-38-49(42-58(53)63)65(46-25-17-22-44(40-46)64(43-20-5-3-6-21-43)56-33-14-10-29-51(56)52-30-11-15-34-57(52)64)47-26-18-27-48(41-47)66(45-23-7-4-8-24-45)59-35-19-37-61-62(59)54-31-12-16-36-60(54)67-61/h3-42H,1-2H3. The molecule has 2 nitrogen and oxygen atoms in total. The molecule has 2 aliphatic rings. The van der Waals surface area contributed by atoms with Crippen LogP contribution in [-0.2, 0) is 10.8 Å². The molecule has 1 heterocycles. The van der Waals surface area contributed by atoms with E-state index in [2.05, 4.69) is 266 Å². The lowest BCUT2D eigenvalue weighted by Crippen LogP contribution is -2.28. The summed E-state index contributed by atoms with van der Waals surface area (Å²) in [5, 5.41) is 2.54. The molecule has 0 radical (unpaired) electrons. The molecular weight excluding hydrogens is 829 g/mol. The molecule has 0 atom stereocenters. The van der Waals surface area contributed by atoms with Crippen LogP contribution in [0.1, 0.15) is 47.2 Å². The fourth-order valence-corrected chi connectivity index (χ4v) is 12.7. The lowest BCUT2D eigenvalue weighted by atomic mass is 9.67. The molecule has 0 saturated carbocycles. The zero-order valence-electron chi connectivity index (χ0n) is 37.4. The number of hydrogen-bond donors (Lipinski definition) is 0. The second-order valence-corrected chi connectivity index (χ2v) is 19.5. The number of thiophene rings is 1. The van der Waals surface area contributed by atoms with Crippen LogP contribution in [0.4, 0.5) is 34.1 Å². The van der Waals surface area contributed by atoms with E-state index >= 15 is 0 Å². The Hall–Kier alpha value is -7.98. The van der Waals surface area contributed by atoms with E-state index in [4.69, 9.17) is 0 Å². The molecule has 0 spiro atoms. The van der Waals surface area contributed by atoms with Gasteiger partial charge in [0.05, 0.1) is 11.1 Å². The molecule has 3 heteroatoms. The Morgan fingerprint density at radius 2 is 0.821 bits per heavy atom. The van der Waals surface area contributed by atoms with Gasteiger partial charge in [-0.2, -0.15) is 0 Å². The second-order valence-electron chi connectivity index (χ2n) is 18.4. The van der Waals surface area contributed by atoms with E-state index < -0.39 is 5.41 Å². The van der Waals surface area contributed by atoms with Crippen molar-refractivity contribution in [2.75, 3.05) is 9.80 Å². The van der Waals surface area contributed by atoms with Crippen molar-refractivity contribution >= 4 is 65.6 Å². The van der Waals surface area contributed by atoms with Crippen LogP contribution in [0.2, 0.25) is 0 Å². The monoisotopic (exact) mass is 874 g/mol. The summed E-state index contributed by atoms with van der Waals surface area (Å²) in [5.41, 5.74) is 18.9. The molecule has 0 saturated heterocycles. The zero-order chi connectivity index (χ0) is 44.7. The third kappa shape index (κ3) is 5.94. The fourth-order valence-electron chi connectivity index (χ4n) is 11.6. The number of fused-ring (bicyclic) bond motifs is 9. The molecule has 10 aromatic carbocycles. The average Bonchev–Trinajstić information content (AvgIpc) is 3.99. The predicted molar refractivity (Wildman–Crippen MR) is 284 cm³/mol. The van der Waals surface area contributed by atoms with E-state index in [-0.39, 0.29) is 5.41 Å². The van der Waals surface area contributed by atoms with E-state index in [1.54, 1.807) is 0 Å². The maximum absolute atomic E-state index is 2.49. The molecule has 0 aliphatic heterocycles. The van der Waals surface area contributed by atoms with Gasteiger partial charge in [-0.05, 0) is 128 Å². The van der Waals surface area contributed by atoms with Crippen LogP contribution < -0.4 is 9.80 Å². The van der Waals surface area contributed by atoms with E-state index in [9.17, 15) is 0 Å². The molecule has 0 amide bonds. The summed E-state index contributed by atoms with van der Waals surface area (Å²) < 4.78 is 2.57. The smallest absolute Gasteiger partial charge is 0.0714 e. The SMILES string of the molecule is CC1(C)c2ccccc2-c2ccc(N(c3cccc(N(c4ccccc4)c4cccc5sc6ccccc6c45)c3)c3cccc(C4(c5ccccc5)c5ccccc5-c5ccccc54)c3)cc21. The maximum atomic E-state index is 2.49. The van der Waals surface area contributed by atoms with Crippen LogP contribution in [0.5, 0.6) is 0 Å². The molecule has 1 aromatic heterocycles. The van der Waals surface area contributed by atoms with Crippen molar-refractivity contribution in [2.45, 2.75) is 24.7 Å². The average molecular weight is 875 g/mol. The molecule has 0 N–H and O–H groups in total. The molecule has 67 heavy (non-hydrogen) atoms. The molecule has 0 bridgehead atoms. The Labute approximate surface area is 396 Å². The molecule has 13 rings (SSSR count). The summed E-state index contributed by atoms with van der Waals surface area (Å²) >= 11 is 1.86. The lowest BCUT2D eigenvalue weighted by molar-refractivity contribution is 0.660. The van der Waals surface area contributed by atoms with E-state index in [1.807, 2.05) is 11.3 Å². The minimum Gasteiger partial charge on any atom is -0.310 e. The summed E-state index contributed by atoms with van der Waals surface area (Å²) in [6.07, 6.45) is 0. The van der Waals surface area contributed by atoms with Crippen molar-refractivity contribution in [3.63, 3.8) is 0 Å². The highest BCUT2D eigenvalue weighted by atomic mass is 32.1. The zero-order valence-corrected chi connectivity index (χ0v) is 38.2. The second kappa shape index (κ2) is 15.3. The van der Waals surface area contributed by atoms with Crippen LogP contribution >= 0.6 is 11.3 Å². The number of para-hydroxylation sites is 1. The quantitative estimate of drug-likeness (QED) is 0.150. The third-order valence-electron chi connectivity index (χ3n) is 14.5. The van der Waals surface area contributed by atoms with Gasteiger partial charge in [0.2, 0.25) is 0 Å². The first-order chi connectivity index (χ1) is 33.0. The lowest BCUT2D eigenvalue weighted by Gasteiger charge is -2.35. The molecule has 318 valence electrons. The number of rotatable bonds is 8. The van der Waals surface area contributed by atoms with Crippen LogP contribution in [0, 0.1) is 0 Å². The van der Waals surface area contributed by atoms with E-state index in [0.717, 1.165) is 34.1 Å². The van der Waals surface area contributed by atoms with Gasteiger partial charge in [-0.25, -0.2) is 0 Å². The predicted octanol–water partition coefficient (Wildman–Crippen LogP) is 17.7. The van der Waals surface area contributed by atoms with Crippen molar-refractivity contribution in [2.24, 2.45) is 0 Å². The molecule has 2 aliphatic carbocycles. The van der Waals surface area contributed by atoms with Crippen molar-refractivity contribution < 1.29 is 0 Å². The highest BCUT2D eigenvalue weighted by Gasteiger charge is 2.46. The number of nitrogens with zero attached hydrogens (tertiary/aromatic N) is 2. The van der Waals surface area contributed by atoms with Gasteiger partial charge in [-0.3, -0.25) is 0 Å². The fraction of sp³-hybridized carbons (Fsp3) is 0.0625. The van der Waals surface area contributed by atoms with Crippen LogP contribution in [0.3, 0.4) is 0 Å². The van der Waals surface area contributed by atoms with Gasteiger partial charge in [0.15, 0.2) is 0 Å². The van der Waals surface area contributed by atoms with Gasteiger partial charge in [-0.15, -0.1) is 11.3 Å². The number of benzene rings is 10. The number of anilines is 6. The summed E-state index contributed by atoms with van der Waals surface area (Å²) in [7, 11) is 0. The van der Waals surface area contributed by atoms with Crippen molar-refractivity contribution in [3.8, 4) is 22.3 Å². The summed E-state index contributed by atoms with van der Waals surface area (Å²) in [5.74, 6) is 0. The topological polar surface area (TPSA) is 6.48 Å². The van der Waals surface area contributed by atoms with Crippen LogP contribution in [0.15, 0.2) is 243 Å². The van der Waals surface area contributed by atoms with Gasteiger partial charge in [-0.1, -0.05) is 184 Å². The van der Waals surface area contributed by atoms with Gasteiger partial charge >= 0.3 is 0 Å². The maximum Gasteiger partial charge on any atom is 0.0714 e. The minimum atomic E-state index is -0.536. The largest absolute Gasteiger partial charge is 0.310 e. The van der Waals surface area contributed by atoms with Crippen LogP contribution in [-0.4, -0.2) is 0 Å². The highest BCUT2D eigenvalue weighted by Crippen LogP contribution is 2.57.